The first kappa shape index (κ1) is 19.9. The smallest absolute Gasteiger partial charge is 0.243 e. The summed E-state index contributed by atoms with van der Waals surface area (Å²) >= 11 is 0.714. The number of carboxylic acids is 2. The van der Waals surface area contributed by atoms with Gasteiger partial charge in [-0.05, 0) is 0 Å². The van der Waals surface area contributed by atoms with Crippen molar-refractivity contribution in [1.29, 1.82) is 0 Å². The molecule has 0 fully saturated rings. The molecular weight excluding hydrogens is 318 g/mol. The molecule has 0 saturated heterocycles. The molecule has 5 N–H and O–H groups in total. The van der Waals surface area contributed by atoms with Crippen LogP contribution in [-0.2, 0) is 24.0 Å². The highest BCUT2D eigenvalue weighted by molar-refractivity contribution is 8.11. The van der Waals surface area contributed by atoms with Crippen LogP contribution in [-0.4, -0.2) is 53.8 Å². The minimum absolute atomic E-state index is 0.0810. The van der Waals surface area contributed by atoms with Crippen molar-refractivity contribution >= 4 is 41.1 Å². The first-order valence-corrected chi connectivity index (χ1v) is 7.19. The number of hydrogen-bond acceptors (Lipinski definition) is 8. The van der Waals surface area contributed by atoms with Gasteiger partial charge in [0.15, 0.2) is 5.62 Å². The van der Waals surface area contributed by atoms with Crippen LogP contribution in [0.3, 0.4) is 0 Å². The van der Waals surface area contributed by atoms with Gasteiger partial charge in [-0.1, -0.05) is 11.8 Å². The molecule has 0 rings (SSSR count). The third kappa shape index (κ3) is 8.92. The minimum Gasteiger partial charge on any atom is -0.548 e. The maximum atomic E-state index is 11.7. The Morgan fingerprint density at radius 1 is 1.23 bits per heavy atom. The maximum Gasteiger partial charge on any atom is 0.243 e. The highest BCUT2D eigenvalue weighted by Crippen LogP contribution is 2.01. The summed E-state index contributed by atoms with van der Waals surface area (Å²) < 4.78 is 0. The van der Waals surface area contributed by atoms with E-state index in [1.807, 2.05) is 5.32 Å². The van der Waals surface area contributed by atoms with Gasteiger partial charge in [-0.2, -0.15) is 0 Å². The molecule has 124 valence electrons. The summed E-state index contributed by atoms with van der Waals surface area (Å²) in [6, 6.07) is -2.20. The van der Waals surface area contributed by atoms with E-state index in [0.29, 0.717) is 17.4 Å². The fourth-order valence-corrected chi connectivity index (χ4v) is 1.80. The molecule has 0 bridgehead atoms. The largest absolute Gasteiger partial charge is 0.548 e. The minimum atomic E-state index is -1.50. The second-order valence-electron chi connectivity index (χ2n) is 4.19. The fourth-order valence-electron chi connectivity index (χ4n) is 1.29. The van der Waals surface area contributed by atoms with Crippen molar-refractivity contribution in [2.75, 3.05) is 12.3 Å². The van der Waals surface area contributed by atoms with Gasteiger partial charge in [0.25, 0.3) is 0 Å². The van der Waals surface area contributed by atoms with Crippen LogP contribution in [0, 0.1) is 0 Å². The second-order valence-corrected chi connectivity index (χ2v) is 5.05. The molecular formula is C11H16N3O7S-. The monoisotopic (exact) mass is 334 g/mol. The Morgan fingerprint density at radius 2 is 1.86 bits per heavy atom. The van der Waals surface area contributed by atoms with E-state index in [2.05, 4.69) is 11.1 Å². The standard InChI is InChI=1S/C11H17N3O7S/c12-6(11(20)21)1-2-8(16)14-7(4-22-5-15)10(19)13-3-9(17)18/h5-7H,1-4,12H2,(H,13,19)(H,14,16)(H,17,18)(H,20,21)/p-1/t6-,7-/m0/s1. The Kier molecular flexibility index (Phi) is 9.54. The summed E-state index contributed by atoms with van der Waals surface area (Å²) in [7, 11) is 0. The average Bonchev–Trinajstić information content (AvgIpc) is 2.46. The molecule has 0 aliphatic heterocycles. The van der Waals surface area contributed by atoms with Crippen molar-refractivity contribution in [2.24, 2.45) is 0 Å². The zero-order valence-corrected chi connectivity index (χ0v) is 12.4. The second kappa shape index (κ2) is 10.6. The molecule has 0 heterocycles. The Labute approximate surface area is 129 Å². The van der Waals surface area contributed by atoms with Crippen LogP contribution in [0.25, 0.3) is 0 Å². The summed E-state index contributed by atoms with van der Waals surface area (Å²) in [6.45, 7) is -0.734. The van der Waals surface area contributed by atoms with Crippen LogP contribution < -0.4 is 26.6 Å². The number of amides is 2. The van der Waals surface area contributed by atoms with Gasteiger partial charge in [0, 0.05) is 18.6 Å². The Morgan fingerprint density at radius 3 is 2.36 bits per heavy atom. The van der Waals surface area contributed by atoms with E-state index >= 15 is 0 Å². The van der Waals surface area contributed by atoms with Gasteiger partial charge in [0.1, 0.15) is 12.1 Å². The van der Waals surface area contributed by atoms with E-state index in [0.717, 1.165) is 0 Å². The lowest BCUT2D eigenvalue weighted by Crippen LogP contribution is -2.68. The van der Waals surface area contributed by atoms with Gasteiger partial charge >= 0.3 is 0 Å². The van der Waals surface area contributed by atoms with Crippen molar-refractivity contribution in [2.45, 2.75) is 24.9 Å². The molecule has 0 aromatic heterocycles. The molecule has 2 amide bonds. The van der Waals surface area contributed by atoms with Crippen molar-refractivity contribution in [3.8, 4) is 0 Å². The van der Waals surface area contributed by atoms with Crippen molar-refractivity contribution in [3.63, 3.8) is 0 Å². The Balaban J connectivity index is 4.46. The van der Waals surface area contributed by atoms with Gasteiger partial charge in [0.2, 0.25) is 11.8 Å². The maximum absolute atomic E-state index is 11.7. The van der Waals surface area contributed by atoms with E-state index in [9.17, 15) is 34.2 Å². The topological polar surface area (TPSA) is 183 Å². The van der Waals surface area contributed by atoms with E-state index in [1.165, 1.54) is 0 Å². The average molecular weight is 334 g/mol. The molecule has 0 unspecified atom stereocenters. The van der Waals surface area contributed by atoms with Gasteiger partial charge in [-0.3, -0.25) is 14.4 Å². The van der Waals surface area contributed by atoms with E-state index in [1.54, 1.807) is 0 Å². The summed E-state index contributed by atoms with van der Waals surface area (Å²) in [4.78, 5) is 54.3. The molecule has 22 heavy (non-hydrogen) atoms. The quantitative estimate of drug-likeness (QED) is 0.312. The number of rotatable bonds is 11. The zero-order valence-electron chi connectivity index (χ0n) is 11.5. The van der Waals surface area contributed by atoms with Crippen LogP contribution in [0.1, 0.15) is 12.8 Å². The number of quaternary nitrogens is 1. The van der Waals surface area contributed by atoms with Gasteiger partial charge in [-0.15, -0.1) is 0 Å². The van der Waals surface area contributed by atoms with E-state index in [4.69, 9.17) is 0 Å². The third-order valence-corrected chi connectivity index (χ3v) is 3.10. The predicted molar refractivity (Wildman–Crippen MR) is 70.1 cm³/mol. The molecule has 0 aliphatic carbocycles. The summed E-state index contributed by atoms with van der Waals surface area (Å²) in [5, 5.41) is 25.0. The van der Waals surface area contributed by atoms with Gasteiger partial charge in [-0.25, -0.2) is 0 Å². The van der Waals surface area contributed by atoms with Crippen LogP contribution in [0.4, 0.5) is 0 Å². The first-order chi connectivity index (χ1) is 10.3. The highest BCUT2D eigenvalue weighted by Gasteiger charge is 2.21. The number of carbonyl (C=O) groups is 5. The number of thioether (sulfide) groups is 1. The molecule has 0 aliphatic rings. The lowest BCUT2D eigenvalue weighted by Gasteiger charge is -2.18. The number of nitrogens with one attached hydrogen (secondary N) is 2. The molecule has 2 atom stereocenters. The number of hydrogen-bond donors (Lipinski definition) is 3. The summed E-state index contributed by atoms with van der Waals surface area (Å²) in [6.07, 6.45) is -0.291. The van der Waals surface area contributed by atoms with Crippen LogP contribution in [0.2, 0.25) is 0 Å². The predicted octanol–water partition coefficient (Wildman–Crippen LogP) is -5.60. The highest BCUT2D eigenvalue weighted by atomic mass is 32.2. The van der Waals surface area contributed by atoms with Gasteiger partial charge < -0.3 is 36.2 Å². The summed E-state index contributed by atoms with van der Waals surface area (Å²) in [5.74, 6) is -4.42. The molecule has 0 radical (unpaired) electrons. The van der Waals surface area contributed by atoms with Gasteiger partial charge in [0.05, 0.1) is 18.5 Å². The zero-order chi connectivity index (χ0) is 17.1. The molecule has 0 saturated carbocycles. The van der Waals surface area contributed by atoms with E-state index in [-0.39, 0.29) is 18.6 Å². The lowest BCUT2D eigenvalue weighted by molar-refractivity contribution is -0.438. The molecule has 11 heteroatoms. The number of carbonyl (C=O) groups excluding carboxylic acids is 5. The molecule has 0 aromatic carbocycles. The van der Waals surface area contributed by atoms with Crippen LogP contribution in [0.15, 0.2) is 0 Å². The SMILES string of the molecule is [NH3+][C@@H](CCC(=O)N[C@@H](CSC=O)C(=O)NCC(=O)[O-])C(=O)[O-]. The third-order valence-electron chi connectivity index (χ3n) is 2.44. The summed E-state index contributed by atoms with van der Waals surface area (Å²) in [5.41, 5.74) is 3.74. The molecule has 0 aromatic rings. The van der Waals surface area contributed by atoms with Crippen LogP contribution >= 0.6 is 11.8 Å². The fraction of sp³-hybridized carbons (Fsp3) is 0.545. The first-order valence-electron chi connectivity index (χ1n) is 6.14. The van der Waals surface area contributed by atoms with Crippen LogP contribution in [0.5, 0.6) is 0 Å². The molecule has 0 spiro atoms. The van der Waals surface area contributed by atoms with E-state index < -0.39 is 42.4 Å². The molecule has 10 nitrogen and oxygen atoms in total. The van der Waals surface area contributed by atoms with Crippen molar-refractivity contribution in [1.82, 2.24) is 10.6 Å². The Bertz CT molecular complexity index is 443. The number of carboxylic acid groups (broad SMARTS) is 2. The van der Waals surface area contributed by atoms with Crippen molar-refractivity contribution < 1.29 is 39.9 Å². The lowest BCUT2D eigenvalue weighted by atomic mass is 10.1. The number of aliphatic carboxylic acids is 2. The van der Waals surface area contributed by atoms with Crippen molar-refractivity contribution in [3.05, 3.63) is 0 Å². The Hall–Kier alpha value is -2.14. The normalized spacial score (nSPS) is 12.8.